The number of likely N-dealkylation sites (tertiary alicyclic amines) is 1. The lowest BCUT2D eigenvalue weighted by Crippen LogP contribution is -2.47. The van der Waals surface area contributed by atoms with Gasteiger partial charge in [-0.05, 0) is 65.7 Å². The Hall–Kier alpha value is -2.90. The monoisotopic (exact) mass is 415 g/mol. The van der Waals surface area contributed by atoms with Gasteiger partial charge < -0.3 is 15.0 Å². The highest BCUT2D eigenvalue weighted by Gasteiger charge is 2.37. The average molecular weight is 415 g/mol. The molecule has 2 aliphatic heterocycles. The van der Waals surface area contributed by atoms with Gasteiger partial charge in [-0.3, -0.25) is 19.3 Å². The molecule has 0 saturated carbocycles. The van der Waals surface area contributed by atoms with Crippen molar-refractivity contribution >= 4 is 23.8 Å². The number of benzene rings is 1. The van der Waals surface area contributed by atoms with E-state index in [1.54, 1.807) is 24.8 Å². The number of hydrogen-bond donors (Lipinski definition) is 1. The van der Waals surface area contributed by atoms with Gasteiger partial charge in [-0.2, -0.15) is 0 Å². The molecule has 0 bridgehead atoms. The smallest absolute Gasteiger partial charge is 0.410 e. The van der Waals surface area contributed by atoms with Crippen LogP contribution in [-0.4, -0.2) is 64.4 Å². The number of hydrogen-bond acceptors (Lipinski definition) is 5. The first-order valence-electron chi connectivity index (χ1n) is 10.3. The molecule has 8 nitrogen and oxygen atoms in total. The van der Waals surface area contributed by atoms with Crippen molar-refractivity contribution in [1.82, 2.24) is 15.1 Å². The molecule has 1 N–H and O–H groups in total. The van der Waals surface area contributed by atoms with Gasteiger partial charge in [-0.15, -0.1) is 0 Å². The Morgan fingerprint density at radius 2 is 1.67 bits per heavy atom. The van der Waals surface area contributed by atoms with Gasteiger partial charge in [0.25, 0.3) is 17.7 Å². The van der Waals surface area contributed by atoms with E-state index in [2.05, 4.69) is 5.32 Å². The van der Waals surface area contributed by atoms with Crippen LogP contribution in [0.1, 0.15) is 78.5 Å². The molecule has 0 unspecified atom stereocenters. The van der Waals surface area contributed by atoms with E-state index in [1.165, 1.54) is 17.0 Å². The Morgan fingerprint density at radius 1 is 1.07 bits per heavy atom. The van der Waals surface area contributed by atoms with Crippen molar-refractivity contribution in [3.05, 3.63) is 34.9 Å². The van der Waals surface area contributed by atoms with Crippen LogP contribution in [-0.2, 0) is 4.74 Å². The number of piperidine rings is 1. The van der Waals surface area contributed by atoms with Crippen LogP contribution >= 0.6 is 0 Å². The first-order chi connectivity index (χ1) is 14.0. The summed E-state index contributed by atoms with van der Waals surface area (Å²) in [6, 6.07) is 4.28. The number of carbonyl (C=O) groups is 4. The van der Waals surface area contributed by atoms with Crippen LogP contribution in [0.5, 0.6) is 0 Å². The second-order valence-electron chi connectivity index (χ2n) is 9.05. The fourth-order valence-corrected chi connectivity index (χ4v) is 3.67. The Bertz CT molecular complexity index is 879. The van der Waals surface area contributed by atoms with E-state index in [4.69, 9.17) is 4.74 Å². The number of nitrogens with one attached hydrogen (secondary N) is 1. The highest BCUT2D eigenvalue weighted by Crippen LogP contribution is 2.26. The molecule has 1 fully saturated rings. The van der Waals surface area contributed by atoms with Crippen molar-refractivity contribution in [3.63, 3.8) is 0 Å². The zero-order chi connectivity index (χ0) is 22.2. The molecule has 1 saturated heterocycles. The van der Waals surface area contributed by atoms with Crippen molar-refractivity contribution in [2.45, 2.75) is 65.1 Å². The number of carbonyl (C=O) groups excluding carboxylic acids is 4. The fourth-order valence-electron chi connectivity index (χ4n) is 3.67. The first-order valence-corrected chi connectivity index (χ1v) is 10.3. The Morgan fingerprint density at radius 3 is 2.23 bits per heavy atom. The van der Waals surface area contributed by atoms with Gasteiger partial charge in [0.2, 0.25) is 0 Å². The summed E-state index contributed by atoms with van der Waals surface area (Å²) in [5.74, 6) is -0.992. The number of imide groups is 1. The lowest BCUT2D eigenvalue weighted by Gasteiger charge is -2.33. The van der Waals surface area contributed by atoms with E-state index in [0.29, 0.717) is 37.1 Å². The van der Waals surface area contributed by atoms with Gasteiger partial charge in [-0.1, -0.05) is 0 Å². The summed E-state index contributed by atoms with van der Waals surface area (Å²) in [5, 5.41) is 2.97. The van der Waals surface area contributed by atoms with Crippen LogP contribution < -0.4 is 5.32 Å². The molecule has 8 heteroatoms. The van der Waals surface area contributed by atoms with Gasteiger partial charge in [-0.25, -0.2) is 4.79 Å². The van der Waals surface area contributed by atoms with E-state index in [-0.39, 0.29) is 41.5 Å². The average Bonchev–Trinajstić information content (AvgIpc) is 2.91. The van der Waals surface area contributed by atoms with Crippen molar-refractivity contribution in [1.29, 1.82) is 0 Å². The van der Waals surface area contributed by atoms with Gasteiger partial charge in [0.05, 0.1) is 11.1 Å². The third-order valence-corrected chi connectivity index (χ3v) is 5.18. The maximum Gasteiger partial charge on any atom is 0.410 e. The normalized spacial score (nSPS) is 17.4. The Balaban J connectivity index is 1.60. The molecular weight excluding hydrogens is 386 g/mol. The molecule has 0 spiro atoms. The quantitative estimate of drug-likeness (QED) is 0.766. The van der Waals surface area contributed by atoms with Crippen LogP contribution in [0.4, 0.5) is 4.79 Å². The van der Waals surface area contributed by atoms with E-state index >= 15 is 0 Å². The van der Waals surface area contributed by atoms with Crippen LogP contribution in [0.25, 0.3) is 0 Å². The molecular formula is C22H29N3O5. The van der Waals surface area contributed by atoms with Gasteiger partial charge in [0, 0.05) is 30.7 Å². The molecule has 2 heterocycles. The highest BCUT2D eigenvalue weighted by atomic mass is 16.6. The van der Waals surface area contributed by atoms with Crippen LogP contribution in [0.3, 0.4) is 0 Å². The molecule has 0 aliphatic carbocycles. The first kappa shape index (κ1) is 21.8. The fraction of sp³-hybridized carbons (Fsp3) is 0.545. The highest BCUT2D eigenvalue weighted by molar-refractivity contribution is 6.22. The molecule has 3 rings (SSSR count). The maximum absolute atomic E-state index is 12.7. The number of amides is 4. The molecule has 4 amide bonds. The molecule has 162 valence electrons. The number of rotatable bonds is 3. The Labute approximate surface area is 176 Å². The predicted molar refractivity (Wildman–Crippen MR) is 110 cm³/mol. The van der Waals surface area contributed by atoms with E-state index < -0.39 is 5.60 Å². The standard InChI is InChI=1S/C22H29N3O5/c1-13(2)25-19(27)16-7-6-14(12-17(16)20(25)28)18(26)23-15-8-10-24(11-9-15)21(29)30-22(3,4)5/h6-7,12-13,15H,8-11H2,1-5H3,(H,23,26). The maximum atomic E-state index is 12.7. The number of nitrogens with zero attached hydrogens (tertiary/aromatic N) is 2. The Kier molecular flexibility index (Phi) is 5.87. The lowest BCUT2D eigenvalue weighted by molar-refractivity contribution is 0.0199. The summed E-state index contributed by atoms with van der Waals surface area (Å²) in [5.41, 5.74) is 0.395. The summed E-state index contributed by atoms with van der Waals surface area (Å²) in [6.07, 6.45) is 0.895. The minimum absolute atomic E-state index is 0.0751. The van der Waals surface area contributed by atoms with Gasteiger partial charge in [0.1, 0.15) is 5.60 Å². The largest absolute Gasteiger partial charge is 0.444 e. The summed E-state index contributed by atoms with van der Waals surface area (Å²) >= 11 is 0. The van der Waals surface area contributed by atoms with E-state index in [1.807, 2.05) is 20.8 Å². The van der Waals surface area contributed by atoms with Crippen LogP contribution in [0.15, 0.2) is 18.2 Å². The summed E-state index contributed by atoms with van der Waals surface area (Å²) in [4.78, 5) is 52.6. The van der Waals surface area contributed by atoms with Crippen molar-refractivity contribution in [3.8, 4) is 0 Å². The molecule has 0 radical (unpaired) electrons. The van der Waals surface area contributed by atoms with Crippen molar-refractivity contribution < 1.29 is 23.9 Å². The topological polar surface area (TPSA) is 96.0 Å². The zero-order valence-corrected chi connectivity index (χ0v) is 18.2. The minimum Gasteiger partial charge on any atom is -0.444 e. The molecule has 2 aliphatic rings. The minimum atomic E-state index is -0.542. The third kappa shape index (κ3) is 4.47. The molecule has 0 atom stereocenters. The van der Waals surface area contributed by atoms with Crippen molar-refractivity contribution in [2.24, 2.45) is 0 Å². The van der Waals surface area contributed by atoms with E-state index in [9.17, 15) is 19.2 Å². The van der Waals surface area contributed by atoms with E-state index in [0.717, 1.165) is 0 Å². The summed E-state index contributed by atoms with van der Waals surface area (Å²) in [6.45, 7) is 10.0. The SMILES string of the molecule is CC(C)N1C(=O)c2ccc(C(=O)NC3CCN(C(=O)OC(C)(C)C)CC3)cc2C1=O. The summed E-state index contributed by atoms with van der Waals surface area (Å²) < 4.78 is 5.39. The zero-order valence-electron chi connectivity index (χ0n) is 18.2. The molecule has 1 aromatic rings. The van der Waals surface area contributed by atoms with Crippen LogP contribution in [0, 0.1) is 0 Å². The second kappa shape index (κ2) is 8.08. The van der Waals surface area contributed by atoms with Crippen LogP contribution in [0.2, 0.25) is 0 Å². The lowest BCUT2D eigenvalue weighted by atomic mass is 10.0. The molecule has 1 aromatic carbocycles. The number of ether oxygens (including phenoxy) is 1. The van der Waals surface area contributed by atoms with Gasteiger partial charge in [0.15, 0.2) is 0 Å². The predicted octanol–water partition coefficient (Wildman–Crippen LogP) is 2.82. The molecule has 0 aromatic heterocycles. The van der Waals surface area contributed by atoms with Crippen molar-refractivity contribution in [2.75, 3.05) is 13.1 Å². The second-order valence-corrected chi connectivity index (χ2v) is 9.05. The van der Waals surface area contributed by atoms with Gasteiger partial charge >= 0.3 is 6.09 Å². The third-order valence-electron chi connectivity index (χ3n) is 5.18. The number of fused-ring (bicyclic) bond motifs is 1. The molecule has 30 heavy (non-hydrogen) atoms. The summed E-state index contributed by atoms with van der Waals surface area (Å²) in [7, 11) is 0.